The third-order valence-electron chi connectivity index (χ3n) is 4.25. The third-order valence-corrected chi connectivity index (χ3v) is 5.38. The van der Waals surface area contributed by atoms with Crippen molar-refractivity contribution in [2.24, 2.45) is 0 Å². The number of carbonyl (C=O) groups is 1. The van der Waals surface area contributed by atoms with Gasteiger partial charge >= 0.3 is 6.03 Å². The molecule has 1 N–H and O–H groups in total. The standard InChI is InChI=1S/C16H23N5OS/c1-12-15(23-13(2)19-12)5-6-18-16(22)21-8-3-4-14(21)10-20-9-7-17-11-20/h7,9,11,14H,3-6,8,10H2,1-2H3,(H,18,22)/t14-/m1/s1. The molecule has 6 nitrogen and oxygen atoms in total. The Morgan fingerprint density at radius 1 is 1.48 bits per heavy atom. The molecule has 7 heteroatoms. The number of likely N-dealkylation sites (tertiary alicyclic amines) is 1. The van der Waals surface area contributed by atoms with Crippen molar-refractivity contribution < 1.29 is 4.79 Å². The topological polar surface area (TPSA) is 63.1 Å². The van der Waals surface area contributed by atoms with Crippen molar-refractivity contribution in [3.8, 4) is 0 Å². The number of thiazole rings is 1. The van der Waals surface area contributed by atoms with Crippen LogP contribution in [-0.2, 0) is 13.0 Å². The first-order chi connectivity index (χ1) is 11.1. The summed E-state index contributed by atoms with van der Waals surface area (Å²) < 4.78 is 2.04. The van der Waals surface area contributed by atoms with Crippen LogP contribution in [0.2, 0.25) is 0 Å². The lowest BCUT2D eigenvalue weighted by atomic mass is 10.2. The molecule has 0 aliphatic carbocycles. The summed E-state index contributed by atoms with van der Waals surface area (Å²) in [4.78, 5) is 24.2. The summed E-state index contributed by atoms with van der Waals surface area (Å²) in [6.07, 6.45) is 8.51. The summed E-state index contributed by atoms with van der Waals surface area (Å²) >= 11 is 1.72. The van der Waals surface area contributed by atoms with Gasteiger partial charge in [-0.05, 0) is 26.7 Å². The minimum atomic E-state index is 0.0477. The van der Waals surface area contributed by atoms with Gasteiger partial charge in [-0.1, -0.05) is 0 Å². The van der Waals surface area contributed by atoms with Gasteiger partial charge in [-0.15, -0.1) is 11.3 Å². The number of urea groups is 1. The molecule has 1 atom stereocenters. The second kappa shape index (κ2) is 7.12. The van der Waals surface area contributed by atoms with E-state index in [4.69, 9.17) is 0 Å². The van der Waals surface area contributed by atoms with Crippen LogP contribution in [0.1, 0.15) is 28.4 Å². The Morgan fingerprint density at radius 2 is 2.35 bits per heavy atom. The van der Waals surface area contributed by atoms with E-state index >= 15 is 0 Å². The summed E-state index contributed by atoms with van der Waals surface area (Å²) in [5.41, 5.74) is 1.08. The lowest BCUT2D eigenvalue weighted by Crippen LogP contribution is -2.44. The first-order valence-electron chi connectivity index (χ1n) is 8.06. The van der Waals surface area contributed by atoms with Crippen LogP contribution in [-0.4, -0.2) is 44.6 Å². The quantitative estimate of drug-likeness (QED) is 0.914. The number of aryl methyl sites for hydroxylation is 2. The fourth-order valence-corrected chi connectivity index (χ4v) is 4.06. The van der Waals surface area contributed by atoms with Crippen LogP contribution in [0.5, 0.6) is 0 Å². The van der Waals surface area contributed by atoms with E-state index in [1.165, 1.54) is 4.88 Å². The Kier molecular flexibility index (Phi) is 4.95. The van der Waals surface area contributed by atoms with E-state index in [0.717, 1.165) is 43.1 Å². The number of amides is 2. The van der Waals surface area contributed by atoms with Gasteiger partial charge in [-0.3, -0.25) is 0 Å². The number of imidazole rings is 1. The summed E-state index contributed by atoms with van der Waals surface area (Å²) in [6.45, 7) is 6.37. The average molecular weight is 333 g/mol. The number of nitrogens with one attached hydrogen (secondary N) is 1. The Hall–Kier alpha value is -1.89. The van der Waals surface area contributed by atoms with Gasteiger partial charge in [0, 0.05) is 43.3 Å². The number of rotatable bonds is 5. The van der Waals surface area contributed by atoms with E-state index in [-0.39, 0.29) is 12.1 Å². The van der Waals surface area contributed by atoms with Gasteiger partial charge in [0.05, 0.1) is 23.1 Å². The van der Waals surface area contributed by atoms with Gasteiger partial charge in [0.1, 0.15) is 0 Å². The van der Waals surface area contributed by atoms with Crippen LogP contribution in [0.3, 0.4) is 0 Å². The van der Waals surface area contributed by atoms with Crippen molar-refractivity contribution in [1.29, 1.82) is 0 Å². The highest BCUT2D eigenvalue weighted by Gasteiger charge is 2.28. The zero-order valence-corrected chi connectivity index (χ0v) is 14.5. The number of hydrogen-bond acceptors (Lipinski definition) is 4. The number of hydrogen-bond donors (Lipinski definition) is 1. The lowest BCUT2D eigenvalue weighted by Gasteiger charge is -2.25. The average Bonchev–Trinajstić information content (AvgIpc) is 3.22. The van der Waals surface area contributed by atoms with Crippen molar-refractivity contribution >= 4 is 17.4 Å². The molecule has 0 saturated carbocycles. The van der Waals surface area contributed by atoms with Gasteiger partial charge in [0.15, 0.2) is 0 Å². The molecule has 1 fully saturated rings. The Balaban J connectivity index is 1.50. The van der Waals surface area contributed by atoms with E-state index in [2.05, 4.69) is 15.3 Å². The third kappa shape index (κ3) is 3.90. The minimum Gasteiger partial charge on any atom is -0.338 e. The number of nitrogens with zero attached hydrogens (tertiary/aromatic N) is 4. The first kappa shape index (κ1) is 16.0. The van der Waals surface area contributed by atoms with Crippen molar-refractivity contribution in [3.63, 3.8) is 0 Å². The molecule has 2 aromatic rings. The Morgan fingerprint density at radius 3 is 3.04 bits per heavy atom. The fraction of sp³-hybridized carbons (Fsp3) is 0.562. The second-order valence-electron chi connectivity index (χ2n) is 5.97. The van der Waals surface area contributed by atoms with E-state index < -0.39 is 0 Å². The van der Waals surface area contributed by atoms with Crippen LogP contribution >= 0.6 is 11.3 Å². The molecule has 124 valence electrons. The highest BCUT2D eigenvalue weighted by atomic mass is 32.1. The van der Waals surface area contributed by atoms with Gasteiger partial charge in [0.2, 0.25) is 0 Å². The fourth-order valence-electron chi connectivity index (χ4n) is 3.12. The van der Waals surface area contributed by atoms with Crippen molar-refractivity contribution in [2.45, 2.75) is 45.7 Å². The smallest absolute Gasteiger partial charge is 0.317 e. The van der Waals surface area contributed by atoms with Gasteiger partial charge in [-0.2, -0.15) is 0 Å². The van der Waals surface area contributed by atoms with E-state index in [0.29, 0.717) is 6.54 Å². The van der Waals surface area contributed by atoms with Gasteiger partial charge < -0.3 is 14.8 Å². The molecule has 0 spiro atoms. The van der Waals surface area contributed by atoms with E-state index in [1.807, 2.05) is 35.8 Å². The maximum atomic E-state index is 12.4. The maximum absolute atomic E-state index is 12.4. The van der Waals surface area contributed by atoms with Crippen LogP contribution in [0.4, 0.5) is 4.79 Å². The van der Waals surface area contributed by atoms with E-state index in [9.17, 15) is 4.79 Å². The largest absolute Gasteiger partial charge is 0.338 e. The molecule has 2 amide bonds. The minimum absolute atomic E-state index is 0.0477. The summed E-state index contributed by atoms with van der Waals surface area (Å²) in [7, 11) is 0. The normalized spacial score (nSPS) is 17.7. The molecule has 1 aliphatic rings. The molecular weight excluding hydrogens is 310 g/mol. The first-order valence-corrected chi connectivity index (χ1v) is 8.88. The maximum Gasteiger partial charge on any atom is 0.317 e. The van der Waals surface area contributed by atoms with Crippen molar-refractivity contribution in [1.82, 2.24) is 24.8 Å². The van der Waals surface area contributed by atoms with Crippen molar-refractivity contribution in [2.75, 3.05) is 13.1 Å². The molecule has 3 rings (SSSR count). The van der Waals surface area contributed by atoms with Gasteiger partial charge in [-0.25, -0.2) is 14.8 Å². The summed E-state index contributed by atoms with van der Waals surface area (Å²) in [6, 6.07) is 0.308. The molecular formula is C16H23N5OS. The van der Waals surface area contributed by atoms with Crippen molar-refractivity contribution in [3.05, 3.63) is 34.3 Å². The highest BCUT2D eigenvalue weighted by Crippen LogP contribution is 2.19. The lowest BCUT2D eigenvalue weighted by molar-refractivity contribution is 0.187. The molecule has 0 radical (unpaired) electrons. The molecule has 1 aliphatic heterocycles. The number of aromatic nitrogens is 3. The molecule has 0 unspecified atom stereocenters. The van der Waals surface area contributed by atoms with Gasteiger partial charge in [0.25, 0.3) is 0 Å². The molecule has 3 heterocycles. The SMILES string of the molecule is Cc1nc(C)c(CCNC(=O)N2CCC[C@@H]2Cn2ccnc2)s1. The zero-order valence-electron chi connectivity index (χ0n) is 13.7. The second-order valence-corrected chi connectivity index (χ2v) is 7.26. The highest BCUT2D eigenvalue weighted by molar-refractivity contribution is 7.11. The zero-order chi connectivity index (χ0) is 16.2. The molecule has 2 aromatic heterocycles. The Bertz CT molecular complexity index is 651. The molecule has 0 aromatic carbocycles. The Labute approximate surface area is 140 Å². The number of carbonyl (C=O) groups excluding carboxylic acids is 1. The predicted octanol–water partition coefficient (Wildman–Crippen LogP) is 2.37. The van der Waals surface area contributed by atoms with Crippen LogP contribution in [0.25, 0.3) is 0 Å². The summed E-state index contributed by atoms with van der Waals surface area (Å²) in [5.74, 6) is 0. The monoisotopic (exact) mass is 333 g/mol. The molecule has 1 saturated heterocycles. The van der Waals surface area contributed by atoms with Crippen LogP contribution in [0, 0.1) is 13.8 Å². The predicted molar refractivity (Wildman–Crippen MR) is 90.6 cm³/mol. The van der Waals surface area contributed by atoms with Crippen LogP contribution < -0.4 is 5.32 Å². The van der Waals surface area contributed by atoms with Crippen LogP contribution in [0.15, 0.2) is 18.7 Å². The summed E-state index contributed by atoms with van der Waals surface area (Å²) in [5, 5.41) is 4.15. The molecule has 23 heavy (non-hydrogen) atoms. The molecule has 0 bridgehead atoms. The van der Waals surface area contributed by atoms with E-state index in [1.54, 1.807) is 17.5 Å².